The smallest absolute Gasteiger partial charge is 0.225 e. The molecule has 2 saturated carbocycles. The van der Waals surface area contributed by atoms with E-state index < -0.39 is 0 Å². The van der Waals surface area contributed by atoms with Gasteiger partial charge >= 0.3 is 0 Å². The lowest BCUT2D eigenvalue weighted by atomic mass is 9.54. The van der Waals surface area contributed by atoms with Crippen LogP contribution in [0.25, 0.3) is 0 Å². The molecule has 33 heavy (non-hydrogen) atoms. The van der Waals surface area contributed by atoms with Crippen LogP contribution in [0.5, 0.6) is 0 Å². The molecule has 0 saturated heterocycles. The van der Waals surface area contributed by atoms with Crippen LogP contribution in [0.2, 0.25) is 5.02 Å². The summed E-state index contributed by atoms with van der Waals surface area (Å²) in [6.07, 6.45) is 7.19. The number of nitriles is 1. The molecule has 3 aliphatic rings. The summed E-state index contributed by atoms with van der Waals surface area (Å²) in [6.45, 7) is 2.17. The first kappa shape index (κ1) is 22.1. The fourth-order valence-electron chi connectivity index (χ4n) is 6.93. The highest BCUT2D eigenvalue weighted by Crippen LogP contribution is 2.62. The first-order chi connectivity index (χ1) is 15.9. The highest BCUT2D eigenvalue weighted by Gasteiger charge is 2.58. The number of benzene rings is 1. The van der Waals surface area contributed by atoms with Gasteiger partial charge in [0.05, 0.1) is 5.56 Å². The fraction of sp³-hybridized carbons (Fsp3) is 0.481. The van der Waals surface area contributed by atoms with Crippen molar-refractivity contribution in [1.82, 2.24) is 4.98 Å². The summed E-state index contributed by atoms with van der Waals surface area (Å²) in [7, 11) is 0. The van der Waals surface area contributed by atoms with Crippen LogP contribution < -0.4 is 5.32 Å². The van der Waals surface area contributed by atoms with E-state index in [-0.39, 0.29) is 17.2 Å². The SMILES string of the molecule is C[C@]12CCC3c4ccc(Cl)cc4CCC3C1[C@H](CCC(=O)Nc1ccc(C#N)cn1)CC2=O. The summed E-state index contributed by atoms with van der Waals surface area (Å²) in [6, 6.07) is 11.6. The number of rotatable bonds is 4. The van der Waals surface area contributed by atoms with E-state index in [0.717, 1.165) is 30.7 Å². The van der Waals surface area contributed by atoms with Gasteiger partial charge in [0, 0.05) is 29.5 Å². The molecule has 5 rings (SSSR count). The van der Waals surface area contributed by atoms with Crippen molar-refractivity contribution in [3.8, 4) is 6.07 Å². The van der Waals surface area contributed by atoms with Crippen molar-refractivity contribution in [3.05, 3.63) is 58.2 Å². The summed E-state index contributed by atoms with van der Waals surface area (Å²) < 4.78 is 0. The number of aromatic nitrogens is 1. The van der Waals surface area contributed by atoms with Crippen LogP contribution in [0.1, 0.15) is 68.1 Å². The molecule has 1 N–H and O–H groups in total. The van der Waals surface area contributed by atoms with Crippen molar-refractivity contribution >= 4 is 29.1 Å². The molecule has 2 aromatic rings. The third-order valence-electron chi connectivity index (χ3n) is 8.43. The van der Waals surface area contributed by atoms with Gasteiger partial charge in [0.1, 0.15) is 17.7 Å². The van der Waals surface area contributed by atoms with Gasteiger partial charge in [-0.05, 0) is 91.2 Å². The molecule has 3 unspecified atom stereocenters. The minimum Gasteiger partial charge on any atom is -0.311 e. The standard InChI is InChI=1S/C27H28ClN3O2/c1-27-11-10-21-20-7-5-19(28)12-17(20)3-6-22(21)26(27)18(13-23(27)32)4-9-25(33)31-24-8-2-16(14-29)15-30-24/h2,5,7-8,12,15,18,21-22,26H,3-4,6,9-11,13H2,1H3,(H,30,31,33)/t18-,21?,22?,26?,27-/m1/s1. The Labute approximate surface area is 199 Å². The number of hydrogen-bond donors (Lipinski definition) is 1. The average molecular weight is 462 g/mol. The van der Waals surface area contributed by atoms with Gasteiger partial charge in [-0.15, -0.1) is 0 Å². The van der Waals surface area contributed by atoms with Crippen LogP contribution in [-0.4, -0.2) is 16.7 Å². The molecule has 2 fully saturated rings. The summed E-state index contributed by atoms with van der Waals surface area (Å²) >= 11 is 6.25. The third kappa shape index (κ3) is 3.95. The number of anilines is 1. The second kappa shape index (κ2) is 8.57. The van der Waals surface area contributed by atoms with E-state index in [4.69, 9.17) is 16.9 Å². The summed E-state index contributed by atoms with van der Waals surface area (Å²) in [4.78, 5) is 29.9. The number of ketones is 1. The Kier molecular flexibility index (Phi) is 5.74. The molecular weight excluding hydrogens is 434 g/mol. The number of nitrogens with one attached hydrogen (secondary N) is 1. The number of carbonyl (C=O) groups excluding carboxylic acids is 2. The van der Waals surface area contributed by atoms with Gasteiger partial charge in [-0.3, -0.25) is 9.59 Å². The normalized spacial score (nSPS) is 30.0. The molecule has 3 aliphatic carbocycles. The molecular formula is C27H28ClN3O2. The van der Waals surface area contributed by atoms with E-state index in [2.05, 4.69) is 29.4 Å². The Morgan fingerprint density at radius 2 is 2.15 bits per heavy atom. The number of aryl methyl sites for hydroxylation is 1. The first-order valence-corrected chi connectivity index (χ1v) is 12.2. The topological polar surface area (TPSA) is 82.8 Å². The van der Waals surface area contributed by atoms with Crippen molar-refractivity contribution < 1.29 is 9.59 Å². The zero-order chi connectivity index (χ0) is 23.2. The third-order valence-corrected chi connectivity index (χ3v) is 8.67. The lowest BCUT2D eigenvalue weighted by Crippen LogP contribution is -2.44. The second-order valence-electron chi connectivity index (χ2n) is 10.2. The zero-order valence-corrected chi connectivity index (χ0v) is 19.6. The van der Waals surface area contributed by atoms with E-state index >= 15 is 0 Å². The van der Waals surface area contributed by atoms with Crippen molar-refractivity contribution in [2.75, 3.05) is 5.32 Å². The van der Waals surface area contributed by atoms with Crippen LogP contribution in [0.4, 0.5) is 5.82 Å². The number of fused-ring (bicyclic) bond motifs is 5. The van der Waals surface area contributed by atoms with Crippen molar-refractivity contribution in [2.45, 2.75) is 57.8 Å². The predicted octanol–water partition coefficient (Wildman–Crippen LogP) is 5.68. The lowest BCUT2D eigenvalue weighted by Gasteiger charge is -2.50. The molecule has 0 aliphatic heterocycles. The summed E-state index contributed by atoms with van der Waals surface area (Å²) in [5, 5.41) is 12.5. The van der Waals surface area contributed by atoms with Crippen LogP contribution in [0.15, 0.2) is 36.5 Å². The Balaban J connectivity index is 1.30. The maximum Gasteiger partial charge on any atom is 0.225 e. The van der Waals surface area contributed by atoms with Crippen LogP contribution >= 0.6 is 11.6 Å². The molecule has 1 aromatic heterocycles. The average Bonchev–Trinajstić information content (AvgIpc) is 3.07. The zero-order valence-electron chi connectivity index (χ0n) is 18.8. The molecule has 6 heteroatoms. The summed E-state index contributed by atoms with van der Waals surface area (Å²) in [5.74, 6) is 2.27. The highest BCUT2D eigenvalue weighted by molar-refractivity contribution is 6.30. The number of amides is 1. The Morgan fingerprint density at radius 1 is 1.30 bits per heavy atom. The second-order valence-corrected chi connectivity index (χ2v) is 10.6. The molecule has 1 aromatic carbocycles. The maximum absolute atomic E-state index is 13.1. The molecule has 1 amide bonds. The first-order valence-electron chi connectivity index (χ1n) is 11.9. The van der Waals surface area contributed by atoms with E-state index in [1.165, 1.54) is 17.3 Å². The minimum atomic E-state index is -0.263. The van der Waals surface area contributed by atoms with Gasteiger partial charge in [-0.25, -0.2) is 4.98 Å². The van der Waals surface area contributed by atoms with Crippen molar-refractivity contribution in [1.29, 1.82) is 5.26 Å². The van der Waals surface area contributed by atoms with E-state index in [0.29, 0.717) is 54.2 Å². The van der Waals surface area contributed by atoms with Crippen molar-refractivity contribution in [3.63, 3.8) is 0 Å². The largest absolute Gasteiger partial charge is 0.311 e. The van der Waals surface area contributed by atoms with Crippen LogP contribution in [0, 0.1) is 34.5 Å². The van der Waals surface area contributed by atoms with Gasteiger partial charge in [-0.2, -0.15) is 5.26 Å². The molecule has 0 bridgehead atoms. The van der Waals surface area contributed by atoms with E-state index in [1.807, 2.05) is 12.1 Å². The highest BCUT2D eigenvalue weighted by atomic mass is 35.5. The molecule has 1 heterocycles. The maximum atomic E-state index is 13.1. The molecule has 0 radical (unpaired) electrons. The molecule has 170 valence electrons. The number of hydrogen-bond acceptors (Lipinski definition) is 4. The molecule has 5 nitrogen and oxygen atoms in total. The van der Waals surface area contributed by atoms with Crippen molar-refractivity contribution in [2.24, 2.45) is 23.2 Å². The fourth-order valence-corrected chi connectivity index (χ4v) is 7.13. The number of halogens is 1. The Bertz CT molecular complexity index is 1140. The summed E-state index contributed by atoms with van der Waals surface area (Å²) in [5.41, 5.74) is 2.98. The quantitative estimate of drug-likeness (QED) is 0.635. The van der Waals surface area contributed by atoms with E-state index in [1.54, 1.807) is 12.1 Å². The van der Waals surface area contributed by atoms with Gasteiger partial charge in [0.2, 0.25) is 5.91 Å². The van der Waals surface area contributed by atoms with Gasteiger partial charge < -0.3 is 5.32 Å². The minimum absolute atomic E-state index is 0.0933. The Morgan fingerprint density at radius 3 is 2.91 bits per heavy atom. The van der Waals surface area contributed by atoms with E-state index in [9.17, 15) is 9.59 Å². The number of carbonyl (C=O) groups is 2. The monoisotopic (exact) mass is 461 g/mol. The number of pyridine rings is 1. The molecule has 0 spiro atoms. The van der Waals surface area contributed by atoms with Crippen LogP contribution in [0.3, 0.4) is 0 Å². The number of Topliss-reactive ketones (excluding diaryl/α,β-unsaturated/α-hetero) is 1. The Hall–Kier alpha value is -2.71. The lowest BCUT2D eigenvalue weighted by molar-refractivity contribution is -0.129. The number of nitrogens with zero attached hydrogens (tertiary/aromatic N) is 2. The molecule has 5 atom stereocenters. The van der Waals surface area contributed by atoms with Gasteiger partial charge in [0.25, 0.3) is 0 Å². The van der Waals surface area contributed by atoms with Gasteiger partial charge in [-0.1, -0.05) is 24.6 Å². The van der Waals surface area contributed by atoms with Crippen LogP contribution in [-0.2, 0) is 16.0 Å². The van der Waals surface area contributed by atoms with Gasteiger partial charge in [0.15, 0.2) is 0 Å². The predicted molar refractivity (Wildman–Crippen MR) is 127 cm³/mol.